The summed E-state index contributed by atoms with van der Waals surface area (Å²) in [5.74, 6) is 0.0915. The van der Waals surface area contributed by atoms with E-state index in [0.29, 0.717) is 18.0 Å². The predicted molar refractivity (Wildman–Crippen MR) is 71.2 cm³/mol. The third-order valence-electron chi connectivity index (χ3n) is 1.97. The molecule has 1 aromatic heterocycles. The molecule has 1 heterocycles. The van der Waals surface area contributed by atoms with E-state index in [4.69, 9.17) is 4.42 Å². The molecule has 1 aromatic rings. The first-order valence-electron chi connectivity index (χ1n) is 5.14. The summed E-state index contributed by atoms with van der Waals surface area (Å²) in [5.41, 5.74) is 0.619. The fourth-order valence-corrected chi connectivity index (χ4v) is 1.17. The fourth-order valence-electron chi connectivity index (χ4n) is 1.17. The van der Waals surface area contributed by atoms with E-state index in [1.807, 2.05) is 0 Å². The second-order valence-electron chi connectivity index (χ2n) is 3.27. The zero-order valence-electron chi connectivity index (χ0n) is 9.99. The first-order valence-corrected chi connectivity index (χ1v) is 5.14. The van der Waals surface area contributed by atoms with Crippen molar-refractivity contribution < 1.29 is 9.21 Å². The minimum atomic E-state index is -0.205. The van der Waals surface area contributed by atoms with Gasteiger partial charge in [-0.2, -0.15) is 0 Å². The monoisotopic (exact) mass is 283 g/mol. The van der Waals surface area contributed by atoms with Crippen molar-refractivity contribution in [2.75, 3.05) is 19.6 Å². The van der Waals surface area contributed by atoms with Gasteiger partial charge in [-0.25, -0.2) is 4.98 Å². The van der Waals surface area contributed by atoms with Crippen LogP contribution in [0.1, 0.15) is 29.6 Å². The molecular weight excluding hydrogens is 265 g/mol. The third-order valence-corrected chi connectivity index (χ3v) is 1.97. The summed E-state index contributed by atoms with van der Waals surface area (Å²) in [6.45, 7) is 6.18. The molecule has 0 aromatic carbocycles. The summed E-state index contributed by atoms with van der Waals surface area (Å²) in [6.07, 6.45) is 2.37. The molecule has 0 saturated carbocycles. The van der Waals surface area contributed by atoms with Gasteiger partial charge in [0, 0.05) is 13.1 Å². The second kappa shape index (κ2) is 10.4. The lowest BCUT2D eigenvalue weighted by Crippen LogP contribution is -2.32. The number of carbonyl (C=O) groups excluding carboxylic acids is 1. The highest BCUT2D eigenvalue weighted by Crippen LogP contribution is 2.03. The molecule has 0 aliphatic carbocycles. The number of aryl methyl sites for hydroxylation is 1. The number of oxazole rings is 1. The van der Waals surface area contributed by atoms with Crippen molar-refractivity contribution >= 4 is 30.7 Å². The molecule has 2 N–H and O–H groups in total. The average molecular weight is 284 g/mol. The third kappa shape index (κ3) is 6.51. The molecule has 0 fully saturated rings. The molecule has 7 heteroatoms. The molecule has 5 nitrogen and oxygen atoms in total. The Bertz CT molecular complexity index is 318. The molecule has 0 atom stereocenters. The van der Waals surface area contributed by atoms with E-state index in [9.17, 15) is 4.79 Å². The van der Waals surface area contributed by atoms with Crippen molar-refractivity contribution in [1.82, 2.24) is 15.6 Å². The van der Waals surface area contributed by atoms with Crippen molar-refractivity contribution in [3.63, 3.8) is 0 Å². The van der Waals surface area contributed by atoms with Crippen molar-refractivity contribution in [2.24, 2.45) is 0 Å². The van der Waals surface area contributed by atoms with E-state index < -0.39 is 0 Å². The van der Waals surface area contributed by atoms with Gasteiger partial charge in [-0.3, -0.25) is 4.79 Å². The van der Waals surface area contributed by atoms with Gasteiger partial charge in [0.15, 0.2) is 6.39 Å². The van der Waals surface area contributed by atoms with Crippen LogP contribution in [-0.4, -0.2) is 30.5 Å². The number of carbonyl (C=O) groups is 1. The molecule has 1 rings (SSSR count). The van der Waals surface area contributed by atoms with Gasteiger partial charge in [0.25, 0.3) is 5.91 Å². The first kappa shape index (κ1) is 18.6. The van der Waals surface area contributed by atoms with Crippen molar-refractivity contribution in [3.8, 4) is 0 Å². The first-order chi connectivity index (χ1) is 7.25. The summed E-state index contributed by atoms with van der Waals surface area (Å²) in [4.78, 5) is 15.3. The van der Waals surface area contributed by atoms with Crippen LogP contribution in [0.3, 0.4) is 0 Å². The van der Waals surface area contributed by atoms with E-state index in [2.05, 4.69) is 22.5 Å². The molecule has 1 amide bonds. The molecule has 0 bridgehead atoms. The molecule has 0 aliphatic rings. The predicted octanol–water partition coefficient (Wildman–Crippen LogP) is 1.56. The quantitative estimate of drug-likeness (QED) is 0.778. The Labute approximate surface area is 114 Å². The SMILES string of the molecule is CCCNCCNC(=O)c1ocnc1C.Cl.Cl. The van der Waals surface area contributed by atoms with Crippen LogP contribution in [-0.2, 0) is 0 Å². The van der Waals surface area contributed by atoms with Crippen LogP contribution in [0.25, 0.3) is 0 Å². The van der Waals surface area contributed by atoms with Crippen LogP contribution >= 0.6 is 24.8 Å². The van der Waals surface area contributed by atoms with E-state index in [-0.39, 0.29) is 30.7 Å². The zero-order chi connectivity index (χ0) is 11.1. The normalized spacial score (nSPS) is 9.06. The van der Waals surface area contributed by atoms with Gasteiger partial charge in [-0.05, 0) is 19.9 Å². The van der Waals surface area contributed by atoms with E-state index in [1.165, 1.54) is 6.39 Å². The maximum absolute atomic E-state index is 11.5. The lowest BCUT2D eigenvalue weighted by Gasteiger charge is -2.04. The van der Waals surface area contributed by atoms with Crippen LogP contribution in [0, 0.1) is 6.92 Å². The second-order valence-corrected chi connectivity index (χ2v) is 3.27. The molecule has 100 valence electrons. The smallest absolute Gasteiger partial charge is 0.289 e. The van der Waals surface area contributed by atoms with Gasteiger partial charge >= 0.3 is 0 Å². The number of nitrogens with one attached hydrogen (secondary N) is 2. The van der Waals surface area contributed by atoms with Gasteiger partial charge in [0.05, 0.1) is 5.69 Å². The number of nitrogens with zero attached hydrogens (tertiary/aromatic N) is 1. The highest BCUT2D eigenvalue weighted by molar-refractivity contribution is 5.92. The van der Waals surface area contributed by atoms with Crippen LogP contribution in [0.2, 0.25) is 0 Å². The van der Waals surface area contributed by atoms with Gasteiger partial charge in [-0.1, -0.05) is 6.92 Å². The average Bonchev–Trinajstić information content (AvgIpc) is 2.64. The Kier molecular flexibility index (Phi) is 11.3. The minimum absolute atomic E-state index is 0. The van der Waals surface area contributed by atoms with Crippen LogP contribution in [0.4, 0.5) is 0 Å². The summed E-state index contributed by atoms with van der Waals surface area (Å²) < 4.78 is 4.96. The Balaban J connectivity index is 0. The molecule has 0 aliphatic heterocycles. The Morgan fingerprint density at radius 1 is 1.35 bits per heavy atom. The number of aromatic nitrogens is 1. The van der Waals surface area contributed by atoms with Crippen molar-refractivity contribution in [2.45, 2.75) is 20.3 Å². The lowest BCUT2D eigenvalue weighted by molar-refractivity contribution is 0.0925. The zero-order valence-corrected chi connectivity index (χ0v) is 11.6. The number of halogens is 2. The van der Waals surface area contributed by atoms with Crippen LogP contribution in [0.15, 0.2) is 10.8 Å². The Morgan fingerprint density at radius 3 is 2.59 bits per heavy atom. The molecule has 0 spiro atoms. The number of hydrogen-bond acceptors (Lipinski definition) is 4. The fraction of sp³-hybridized carbons (Fsp3) is 0.600. The Hall–Kier alpha value is -0.780. The molecule has 17 heavy (non-hydrogen) atoms. The largest absolute Gasteiger partial charge is 0.438 e. The maximum Gasteiger partial charge on any atom is 0.289 e. The van der Waals surface area contributed by atoms with E-state index in [0.717, 1.165) is 19.5 Å². The standard InChI is InChI=1S/C10H17N3O2.2ClH/c1-3-4-11-5-6-12-10(14)9-8(2)13-7-15-9;;/h7,11H,3-6H2,1-2H3,(H,12,14);2*1H. The van der Waals surface area contributed by atoms with Crippen molar-refractivity contribution in [3.05, 3.63) is 17.8 Å². The molecule has 0 unspecified atom stereocenters. The summed E-state index contributed by atoms with van der Waals surface area (Å²) in [5, 5.41) is 5.94. The minimum Gasteiger partial charge on any atom is -0.438 e. The van der Waals surface area contributed by atoms with Gasteiger partial charge in [0.2, 0.25) is 5.76 Å². The van der Waals surface area contributed by atoms with Gasteiger partial charge in [0.1, 0.15) is 0 Å². The maximum atomic E-state index is 11.5. The summed E-state index contributed by atoms with van der Waals surface area (Å²) in [6, 6.07) is 0. The number of rotatable bonds is 6. The topological polar surface area (TPSA) is 67.2 Å². The molecule has 0 radical (unpaired) electrons. The van der Waals surface area contributed by atoms with Crippen LogP contribution < -0.4 is 10.6 Å². The van der Waals surface area contributed by atoms with Crippen LogP contribution in [0.5, 0.6) is 0 Å². The van der Waals surface area contributed by atoms with Gasteiger partial charge < -0.3 is 15.1 Å². The highest BCUT2D eigenvalue weighted by Gasteiger charge is 2.12. The highest BCUT2D eigenvalue weighted by atomic mass is 35.5. The number of amides is 1. The molecule has 0 saturated heterocycles. The summed E-state index contributed by atoms with van der Waals surface area (Å²) >= 11 is 0. The van der Waals surface area contributed by atoms with E-state index >= 15 is 0 Å². The van der Waals surface area contributed by atoms with Gasteiger partial charge in [-0.15, -0.1) is 24.8 Å². The lowest BCUT2D eigenvalue weighted by atomic mass is 10.3. The van der Waals surface area contributed by atoms with E-state index in [1.54, 1.807) is 6.92 Å². The van der Waals surface area contributed by atoms with Crippen molar-refractivity contribution in [1.29, 1.82) is 0 Å². The molecular formula is C10H19Cl2N3O2. The Morgan fingerprint density at radius 2 is 2.06 bits per heavy atom. The summed E-state index contributed by atoms with van der Waals surface area (Å²) in [7, 11) is 0. The number of hydrogen-bond donors (Lipinski definition) is 2.